The number of hydrogen-bond donors (Lipinski definition) is 2. The quantitative estimate of drug-likeness (QED) is 0.388. The van der Waals surface area contributed by atoms with Gasteiger partial charge in [0.25, 0.3) is 5.91 Å². The maximum absolute atomic E-state index is 13.3. The van der Waals surface area contributed by atoms with E-state index in [2.05, 4.69) is 10.6 Å². The van der Waals surface area contributed by atoms with E-state index in [1.807, 2.05) is 55.5 Å². The summed E-state index contributed by atoms with van der Waals surface area (Å²) in [5, 5.41) is 10.5. The number of rotatable bonds is 7. The zero-order valence-electron chi connectivity index (χ0n) is 19.3. The number of aryl methyl sites for hydroxylation is 1. The molecule has 172 valence electrons. The van der Waals surface area contributed by atoms with Crippen molar-refractivity contribution in [2.75, 3.05) is 17.7 Å². The molecule has 0 aliphatic heterocycles. The van der Waals surface area contributed by atoms with Crippen LogP contribution in [0.15, 0.2) is 79.0 Å². The molecule has 0 saturated heterocycles. The fourth-order valence-corrected chi connectivity index (χ4v) is 3.44. The van der Waals surface area contributed by atoms with Gasteiger partial charge in [-0.25, -0.2) is 4.68 Å². The van der Waals surface area contributed by atoms with E-state index in [1.54, 1.807) is 49.2 Å². The summed E-state index contributed by atoms with van der Waals surface area (Å²) in [5.41, 5.74) is 5.02. The molecule has 0 aliphatic carbocycles. The van der Waals surface area contributed by atoms with Crippen molar-refractivity contribution in [3.05, 3.63) is 90.1 Å². The second kappa shape index (κ2) is 10.0. The van der Waals surface area contributed by atoms with Crippen LogP contribution in [0.25, 0.3) is 16.9 Å². The Morgan fingerprint density at radius 2 is 1.62 bits per heavy atom. The average Bonchev–Trinajstić information content (AvgIpc) is 3.31. The highest BCUT2D eigenvalue weighted by atomic mass is 16.5. The molecule has 2 amide bonds. The summed E-state index contributed by atoms with van der Waals surface area (Å²) in [6.07, 6.45) is 2.13. The number of carbonyl (C=O) groups excluding carboxylic acids is 2. The van der Waals surface area contributed by atoms with Gasteiger partial charge in [0.05, 0.1) is 18.4 Å². The molecule has 0 fully saturated rings. The third-order valence-electron chi connectivity index (χ3n) is 5.35. The van der Waals surface area contributed by atoms with Crippen LogP contribution in [0.3, 0.4) is 0 Å². The molecule has 0 unspecified atom stereocenters. The fourth-order valence-electron chi connectivity index (χ4n) is 3.44. The van der Waals surface area contributed by atoms with Crippen LogP contribution in [0.2, 0.25) is 0 Å². The summed E-state index contributed by atoms with van der Waals surface area (Å²) in [6.45, 7) is 3.81. The smallest absolute Gasteiger partial charge is 0.259 e. The van der Waals surface area contributed by atoms with Gasteiger partial charge in [0.15, 0.2) is 0 Å². The lowest BCUT2D eigenvalue weighted by Gasteiger charge is -2.08. The number of nitrogens with zero attached hydrogens (tertiary/aromatic N) is 2. The Balaban J connectivity index is 1.66. The molecule has 0 saturated carbocycles. The van der Waals surface area contributed by atoms with E-state index in [0.29, 0.717) is 34.8 Å². The van der Waals surface area contributed by atoms with Gasteiger partial charge in [-0.05, 0) is 55.5 Å². The standard InChI is InChI=1S/C27H26N4O3/c1-4-25(32)28-20-10-12-21(13-11-20)29-27(33)24-17-31(22-14-8-18(2)9-15-22)30-26(24)19-6-5-7-23(16-19)34-3/h5-17H,4H2,1-3H3,(H,28,32)(H,29,33). The zero-order chi connectivity index (χ0) is 24.1. The number of amides is 2. The molecule has 4 aromatic rings. The molecule has 7 nitrogen and oxygen atoms in total. The number of benzene rings is 3. The fraction of sp³-hybridized carbons (Fsp3) is 0.148. The minimum Gasteiger partial charge on any atom is -0.497 e. The summed E-state index contributed by atoms with van der Waals surface area (Å²) in [7, 11) is 1.60. The van der Waals surface area contributed by atoms with Crippen LogP contribution in [0, 0.1) is 6.92 Å². The van der Waals surface area contributed by atoms with Crippen LogP contribution in [0.1, 0.15) is 29.3 Å². The molecule has 2 N–H and O–H groups in total. The lowest BCUT2D eigenvalue weighted by molar-refractivity contribution is -0.115. The summed E-state index contributed by atoms with van der Waals surface area (Å²) in [5.74, 6) is 0.322. The molecule has 0 aliphatic rings. The Morgan fingerprint density at radius 1 is 0.941 bits per heavy atom. The lowest BCUT2D eigenvalue weighted by atomic mass is 10.1. The van der Waals surface area contributed by atoms with Crippen LogP contribution in [-0.2, 0) is 4.79 Å². The van der Waals surface area contributed by atoms with Gasteiger partial charge in [0.2, 0.25) is 5.91 Å². The van der Waals surface area contributed by atoms with Gasteiger partial charge in [0, 0.05) is 29.6 Å². The molecule has 0 spiro atoms. The van der Waals surface area contributed by atoms with E-state index in [1.165, 1.54) is 0 Å². The molecule has 1 aromatic heterocycles. The number of aromatic nitrogens is 2. The average molecular weight is 455 g/mol. The molecule has 1 heterocycles. The predicted octanol–water partition coefficient (Wildman–Crippen LogP) is 5.46. The molecule has 0 bridgehead atoms. The molecule has 34 heavy (non-hydrogen) atoms. The maximum atomic E-state index is 13.3. The maximum Gasteiger partial charge on any atom is 0.259 e. The minimum absolute atomic E-state index is 0.0664. The molecule has 4 rings (SSSR count). The van der Waals surface area contributed by atoms with Crippen molar-refractivity contribution in [2.45, 2.75) is 20.3 Å². The van der Waals surface area contributed by atoms with Gasteiger partial charge < -0.3 is 15.4 Å². The minimum atomic E-state index is -0.290. The first-order valence-corrected chi connectivity index (χ1v) is 11.0. The number of ether oxygens (including phenoxy) is 1. The van der Waals surface area contributed by atoms with Gasteiger partial charge in [0.1, 0.15) is 11.4 Å². The van der Waals surface area contributed by atoms with Gasteiger partial charge in [-0.3, -0.25) is 9.59 Å². The normalized spacial score (nSPS) is 10.6. The zero-order valence-corrected chi connectivity index (χ0v) is 19.3. The lowest BCUT2D eigenvalue weighted by Crippen LogP contribution is -2.13. The number of carbonyl (C=O) groups is 2. The third-order valence-corrected chi connectivity index (χ3v) is 5.35. The molecule has 3 aromatic carbocycles. The summed E-state index contributed by atoms with van der Waals surface area (Å²) < 4.78 is 7.06. The number of anilines is 2. The second-order valence-electron chi connectivity index (χ2n) is 7.84. The Kier molecular flexibility index (Phi) is 6.73. The number of hydrogen-bond acceptors (Lipinski definition) is 4. The van der Waals surface area contributed by atoms with E-state index in [-0.39, 0.29) is 11.8 Å². The Bertz CT molecular complexity index is 1310. The highest BCUT2D eigenvalue weighted by molar-refractivity contribution is 6.08. The van der Waals surface area contributed by atoms with Gasteiger partial charge >= 0.3 is 0 Å². The molecule has 7 heteroatoms. The number of methoxy groups -OCH3 is 1. The predicted molar refractivity (Wildman–Crippen MR) is 134 cm³/mol. The van der Waals surface area contributed by atoms with Crippen molar-refractivity contribution in [1.82, 2.24) is 9.78 Å². The van der Waals surface area contributed by atoms with Crippen LogP contribution >= 0.6 is 0 Å². The molecular weight excluding hydrogens is 428 g/mol. The Labute approximate surface area is 198 Å². The van der Waals surface area contributed by atoms with Crippen LogP contribution in [0.5, 0.6) is 5.75 Å². The SMILES string of the molecule is CCC(=O)Nc1ccc(NC(=O)c2cn(-c3ccc(C)cc3)nc2-c2cccc(OC)c2)cc1. The first-order chi connectivity index (χ1) is 16.5. The van der Waals surface area contributed by atoms with E-state index in [0.717, 1.165) is 16.8 Å². The third kappa shape index (κ3) is 5.15. The van der Waals surface area contributed by atoms with E-state index in [4.69, 9.17) is 9.84 Å². The van der Waals surface area contributed by atoms with Gasteiger partial charge in [-0.2, -0.15) is 5.10 Å². The van der Waals surface area contributed by atoms with Gasteiger partial charge in [-0.15, -0.1) is 0 Å². The van der Waals surface area contributed by atoms with Crippen LogP contribution in [0.4, 0.5) is 11.4 Å². The van der Waals surface area contributed by atoms with Crippen molar-refractivity contribution >= 4 is 23.2 Å². The molecule has 0 atom stereocenters. The van der Waals surface area contributed by atoms with E-state index in [9.17, 15) is 9.59 Å². The summed E-state index contributed by atoms with van der Waals surface area (Å²) in [6, 6.07) is 22.4. The molecule has 0 radical (unpaired) electrons. The Hall–Kier alpha value is -4.39. The summed E-state index contributed by atoms with van der Waals surface area (Å²) in [4.78, 5) is 24.9. The Morgan fingerprint density at radius 3 is 2.26 bits per heavy atom. The molecular formula is C27H26N4O3. The largest absolute Gasteiger partial charge is 0.497 e. The van der Waals surface area contributed by atoms with Gasteiger partial charge in [-0.1, -0.05) is 36.8 Å². The summed E-state index contributed by atoms with van der Waals surface area (Å²) >= 11 is 0. The monoisotopic (exact) mass is 454 g/mol. The van der Waals surface area contributed by atoms with E-state index >= 15 is 0 Å². The first-order valence-electron chi connectivity index (χ1n) is 11.0. The van der Waals surface area contributed by atoms with Crippen molar-refractivity contribution < 1.29 is 14.3 Å². The van der Waals surface area contributed by atoms with E-state index < -0.39 is 0 Å². The highest BCUT2D eigenvalue weighted by Gasteiger charge is 2.19. The number of nitrogens with one attached hydrogen (secondary N) is 2. The van der Waals surface area contributed by atoms with Crippen molar-refractivity contribution in [1.29, 1.82) is 0 Å². The van der Waals surface area contributed by atoms with Crippen LogP contribution in [-0.4, -0.2) is 28.7 Å². The van der Waals surface area contributed by atoms with Crippen molar-refractivity contribution in [3.8, 4) is 22.7 Å². The van der Waals surface area contributed by atoms with Crippen LogP contribution < -0.4 is 15.4 Å². The van der Waals surface area contributed by atoms with Crippen molar-refractivity contribution in [3.63, 3.8) is 0 Å². The first kappa shape index (κ1) is 22.8. The topological polar surface area (TPSA) is 85.3 Å². The van der Waals surface area contributed by atoms with Crippen molar-refractivity contribution in [2.24, 2.45) is 0 Å². The highest BCUT2D eigenvalue weighted by Crippen LogP contribution is 2.28. The second-order valence-corrected chi connectivity index (χ2v) is 7.84.